The fourth-order valence-electron chi connectivity index (χ4n) is 4.06. The quantitative estimate of drug-likeness (QED) is 0.716. The number of nitrogens with one attached hydrogen (secondary N) is 1. The van der Waals surface area contributed by atoms with Crippen LogP contribution in [-0.4, -0.2) is 50.2 Å². The Hall–Kier alpha value is -3.43. The van der Waals surface area contributed by atoms with Gasteiger partial charge in [0, 0.05) is 37.7 Å². The zero-order valence-electron chi connectivity index (χ0n) is 16.0. The molecule has 0 spiro atoms. The van der Waals surface area contributed by atoms with Gasteiger partial charge >= 0.3 is 0 Å². The van der Waals surface area contributed by atoms with Crippen LogP contribution in [-0.2, 0) is 4.79 Å². The molecule has 1 amide bonds. The third kappa shape index (κ3) is 3.38. The highest BCUT2D eigenvalue weighted by Crippen LogP contribution is 2.33. The molecule has 154 valence electrons. The lowest BCUT2D eigenvalue weighted by Crippen LogP contribution is -2.41. The van der Waals surface area contributed by atoms with E-state index in [0.29, 0.717) is 49.5 Å². The number of fused-ring (bicyclic) bond motifs is 1. The molecule has 0 saturated carbocycles. The molecular weight excluding hydrogens is 392 g/mol. The molecule has 2 aliphatic heterocycles. The number of H-pyrrole nitrogens is 1. The molecule has 4 heterocycles. The number of halogens is 2. The van der Waals surface area contributed by atoms with Gasteiger partial charge in [0.2, 0.25) is 11.9 Å². The standard InChI is InChI=1S/C20H19F2N7O/c21-14-7-13(8-15(22)9-14)17-1-4-26-29(17)19(30)12-2-5-28(6-3-12)20-23-10-16-18(27-20)25-11-24-16/h4,7-12,17H,1-3,5-6H2,(H,23,24,25,27)/t17-/m0/s1. The summed E-state index contributed by atoms with van der Waals surface area (Å²) < 4.78 is 27.3. The van der Waals surface area contributed by atoms with E-state index in [-0.39, 0.29) is 11.8 Å². The molecule has 0 bridgehead atoms. The van der Waals surface area contributed by atoms with Crippen LogP contribution < -0.4 is 4.90 Å². The predicted octanol–water partition coefficient (Wildman–Crippen LogP) is 2.81. The molecule has 10 heteroatoms. The Kier molecular flexibility index (Phi) is 4.61. The van der Waals surface area contributed by atoms with Crippen molar-refractivity contribution >= 4 is 29.2 Å². The lowest BCUT2D eigenvalue weighted by Gasteiger charge is -2.33. The second kappa shape index (κ2) is 7.43. The van der Waals surface area contributed by atoms with E-state index in [1.807, 2.05) is 4.90 Å². The molecule has 8 nitrogen and oxygen atoms in total. The molecule has 1 atom stereocenters. The zero-order valence-corrected chi connectivity index (χ0v) is 16.0. The summed E-state index contributed by atoms with van der Waals surface area (Å²) in [5.41, 5.74) is 1.79. The van der Waals surface area contributed by atoms with Crippen LogP contribution in [0.3, 0.4) is 0 Å². The molecule has 2 aromatic heterocycles. The average Bonchev–Trinajstić information content (AvgIpc) is 3.41. The first kappa shape index (κ1) is 18.6. The fraction of sp³-hybridized carbons (Fsp3) is 0.350. The van der Waals surface area contributed by atoms with Crippen LogP contribution in [0.4, 0.5) is 14.7 Å². The highest BCUT2D eigenvalue weighted by Gasteiger charge is 2.35. The molecule has 1 N–H and O–H groups in total. The van der Waals surface area contributed by atoms with Crippen molar-refractivity contribution in [1.29, 1.82) is 0 Å². The van der Waals surface area contributed by atoms with Gasteiger partial charge in [0.15, 0.2) is 5.65 Å². The van der Waals surface area contributed by atoms with E-state index in [9.17, 15) is 13.6 Å². The Balaban J connectivity index is 1.27. The fourth-order valence-corrected chi connectivity index (χ4v) is 4.06. The molecule has 3 aromatic rings. The van der Waals surface area contributed by atoms with Crippen LogP contribution in [0.25, 0.3) is 11.2 Å². The van der Waals surface area contributed by atoms with E-state index in [1.165, 1.54) is 17.1 Å². The van der Waals surface area contributed by atoms with Gasteiger partial charge in [-0.05, 0) is 30.5 Å². The number of carbonyl (C=O) groups is 1. The largest absolute Gasteiger partial charge is 0.342 e. The maximum atomic E-state index is 13.6. The first-order valence-corrected chi connectivity index (χ1v) is 9.81. The lowest BCUT2D eigenvalue weighted by atomic mass is 9.94. The van der Waals surface area contributed by atoms with E-state index < -0.39 is 17.7 Å². The maximum absolute atomic E-state index is 13.6. The van der Waals surface area contributed by atoms with Gasteiger partial charge in [-0.25, -0.2) is 23.8 Å². The lowest BCUT2D eigenvalue weighted by molar-refractivity contribution is -0.138. The number of aromatic nitrogens is 4. The summed E-state index contributed by atoms with van der Waals surface area (Å²) in [5.74, 6) is -1.07. The van der Waals surface area contributed by atoms with Gasteiger partial charge in [-0.2, -0.15) is 10.1 Å². The third-order valence-corrected chi connectivity index (χ3v) is 5.62. The Morgan fingerprint density at radius 3 is 2.63 bits per heavy atom. The van der Waals surface area contributed by atoms with Gasteiger partial charge in [-0.15, -0.1) is 0 Å². The predicted molar refractivity (Wildman–Crippen MR) is 106 cm³/mol. The van der Waals surface area contributed by atoms with Crippen molar-refractivity contribution in [2.24, 2.45) is 11.0 Å². The molecule has 1 aromatic carbocycles. The summed E-state index contributed by atoms with van der Waals surface area (Å²) in [7, 11) is 0. The SMILES string of the molecule is O=C(C1CCN(c2ncc3[nH]cnc3n2)CC1)N1N=CC[C@H]1c1cc(F)cc(F)c1. The summed E-state index contributed by atoms with van der Waals surface area (Å²) in [4.78, 5) is 31.1. The third-order valence-electron chi connectivity index (χ3n) is 5.62. The smallest absolute Gasteiger partial charge is 0.246 e. The second-order valence-corrected chi connectivity index (χ2v) is 7.51. The van der Waals surface area contributed by atoms with Crippen molar-refractivity contribution in [2.45, 2.75) is 25.3 Å². The number of anilines is 1. The van der Waals surface area contributed by atoms with Crippen molar-refractivity contribution in [3.8, 4) is 0 Å². The van der Waals surface area contributed by atoms with Gasteiger partial charge < -0.3 is 9.88 Å². The molecule has 1 saturated heterocycles. The van der Waals surface area contributed by atoms with E-state index in [1.54, 1.807) is 18.7 Å². The Morgan fingerprint density at radius 1 is 1.10 bits per heavy atom. The number of benzene rings is 1. The Bertz CT molecular complexity index is 1100. The number of hydrogen-bond acceptors (Lipinski definition) is 6. The summed E-state index contributed by atoms with van der Waals surface area (Å²) in [6.45, 7) is 1.26. The molecule has 2 aliphatic rings. The highest BCUT2D eigenvalue weighted by atomic mass is 19.1. The first-order chi connectivity index (χ1) is 14.6. The second-order valence-electron chi connectivity index (χ2n) is 7.51. The van der Waals surface area contributed by atoms with Crippen LogP contribution in [0.2, 0.25) is 0 Å². The number of hydrazone groups is 1. The van der Waals surface area contributed by atoms with Crippen LogP contribution in [0.1, 0.15) is 30.9 Å². The summed E-state index contributed by atoms with van der Waals surface area (Å²) in [6, 6.07) is 2.86. The molecule has 0 unspecified atom stereocenters. The summed E-state index contributed by atoms with van der Waals surface area (Å²) in [5, 5.41) is 5.57. The first-order valence-electron chi connectivity index (χ1n) is 9.81. The van der Waals surface area contributed by atoms with Crippen molar-refractivity contribution in [1.82, 2.24) is 24.9 Å². The number of piperidine rings is 1. The van der Waals surface area contributed by atoms with Crippen LogP contribution in [0.15, 0.2) is 35.8 Å². The van der Waals surface area contributed by atoms with E-state index in [0.717, 1.165) is 11.6 Å². The Morgan fingerprint density at radius 2 is 1.87 bits per heavy atom. The summed E-state index contributed by atoms with van der Waals surface area (Å²) in [6.07, 6.45) is 6.57. The maximum Gasteiger partial charge on any atom is 0.246 e. The van der Waals surface area contributed by atoms with Gasteiger partial charge in [-0.3, -0.25) is 4.79 Å². The molecule has 5 rings (SSSR count). The van der Waals surface area contributed by atoms with E-state index >= 15 is 0 Å². The molecule has 0 radical (unpaired) electrons. The van der Waals surface area contributed by atoms with E-state index in [4.69, 9.17) is 0 Å². The molecule has 30 heavy (non-hydrogen) atoms. The number of carbonyl (C=O) groups excluding carboxylic acids is 1. The summed E-state index contributed by atoms with van der Waals surface area (Å²) >= 11 is 0. The normalized spacial score (nSPS) is 19.7. The molecule has 0 aliphatic carbocycles. The highest BCUT2D eigenvalue weighted by molar-refractivity contribution is 5.82. The van der Waals surface area contributed by atoms with Gasteiger partial charge in [0.25, 0.3) is 0 Å². The minimum atomic E-state index is -0.661. The molecule has 1 fully saturated rings. The van der Waals surface area contributed by atoms with Crippen molar-refractivity contribution < 1.29 is 13.6 Å². The number of aromatic amines is 1. The molecular formula is C20H19F2N7O. The number of amides is 1. The van der Waals surface area contributed by atoms with Crippen molar-refractivity contribution in [3.05, 3.63) is 47.9 Å². The van der Waals surface area contributed by atoms with E-state index in [2.05, 4.69) is 25.0 Å². The topological polar surface area (TPSA) is 90.4 Å². The van der Waals surface area contributed by atoms with Gasteiger partial charge in [-0.1, -0.05) is 0 Å². The van der Waals surface area contributed by atoms with Crippen LogP contribution in [0.5, 0.6) is 0 Å². The monoisotopic (exact) mass is 411 g/mol. The van der Waals surface area contributed by atoms with Crippen molar-refractivity contribution in [2.75, 3.05) is 18.0 Å². The van der Waals surface area contributed by atoms with Gasteiger partial charge in [0.05, 0.1) is 18.6 Å². The van der Waals surface area contributed by atoms with Crippen molar-refractivity contribution in [3.63, 3.8) is 0 Å². The van der Waals surface area contributed by atoms with Crippen LogP contribution in [0, 0.1) is 17.6 Å². The zero-order chi connectivity index (χ0) is 20.7. The number of imidazole rings is 1. The minimum Gasteiger partial charge on any atom is -0.342 e. The number of nitrogens with zero attached hydrogens (tertiary/aromatic N) is 6. The number of rotatable bonds is 3. The average molecular weight is 411 g/mol. The minimum absolute atomic E-state index is 0.123. The number of hydrogen-bond donors (Lipinski definition) is 1. The van der Waals surface area contributed by atoms with Crippen LogP contribution >= 0.6 is 0 Å². The van der Waals surface area contributed by atoms with Gasteiger partial charge in [0.1, 0.15) is 17.2 Å². The Labute approximate surface area is 170 Å².